The Hall–Kier alpha value is -1.16. The van der Waals surface area contributed by atoms with Crippen LogP contribution in [0.3, 0.4) is 0 Å². The summed E-state index contributed by atoms with van der Waals surface area (Å²) in [4.78, 5) is 17.0. The molecule has 2 rings (SSSR count). The second kappa shape index (κ2) is 5.32. The number of hydrogen-bond donors (Lipinski definition) is 0. The third-order valence-electron chi connectivity index (χ3n) is 3.78. The number of fused-ring (bicyclic) bond motifs is 1. The lowest BCUT2D eigenvalue weighted by Gasteiger charge is -2.30. The van der Waals surface area contributed by atoms with E-state index < -0.39 is 0 Å². The predicted molar refractivity (Wildman–Crippen MR) is 80.0 cm³/mol. The van der Waals surface area contributed by atoms with E-state index >= 15 is 0 Å². The fourth-order valence-corrected chi connectivity index (χ4v) is 2.59. The molecule has 1 aliphatic rings. The van der Waals surface area contributed by atoms with Gasteiger partial charge in [-0.3, -0.25) is 9.36 Å². The molecule has 0 aliphatic heterocycles. The first-order valence-corrected chi connectivity index (χ1v) is 7.39. The Morgan fingerprint density at radius 2 is 2.10 bits per heavy atom. The van der Waals surface area contributed by atoms with Gasteiger partial charge in [-0.15, -0.1) is 0 Å². The number of aromatic nitrogens is 2. The summed E-state index contributed by atoms with van der Waals surface area (Å²) in [6.45, 7) is 11.6. The molecule has 1 aliphatic carbocycles. The summed E-state index contributed by atoms with van der Waals surface area (Å²) in [6, 6.07) is 0. The van der Waals surface area contributed by atoms with Gasteiger partial charge in [0.2, 0.25) is 0 Å². The molecule has 20 heavy (non-hydrogen) atoms. The maximum Gasteiger partial charge on any atom is 0.256 e. The van der Waals surface area contributed by atoms with Crippen molar-refractivity contribution in [3.63, 3.8) is 0 Å². The van der Waals surface area contributed by atoms with Crippen molar-refractivity contribution in [1.29, 1.82) is 0 Å². The van der Waals surface area contributed by atoms with Crippen LogP contribution in [0.25, 0.3) is 0 Å². The van der Waals surface area contributed by atoms with E-state index in [2.05, 4.69) is 18.8 Å². The van der Waals surface area contributed by atoms with E-state index in [4.69, 9.17) is 4.74 Å². The molecule has 4 nitrogen and oxygen atoms in total. The molecule has 0 radical (unpaired) electrons. The lowest BCUT2D eigenvalue weighted by molar-refractivity contribution is -0.00727. The molecular formula is C16H26N2O2. The van der Waals surface area contributed by atoms with Crippen LogP contribution in [0.5, 0.6) is 0 Å². The Morgan fingerprint density at radius 3 is 2.75 bits per heavy atom. The summed E-state index contributed by atoms with van der Waals surface area (Å²) in [7, 11) is 0. The molecule has 4 heteroatoms. The molecule has 0 saturated heterocycles. The van der Waals surface area contributed by atoms with E-state index in [9.17, 15) is 4.79 Å². The summed E-state index contributed by atoms with van der Waals surface area (Å²) in [5, 5.41) is 0. The summed E-state index contributed by atoms with van der Waals surface area (Å²) >= 11 is 0. The normalized spacial score (nSPS) is 17.9. The minimum Gasteiger partial charge on any atom is -0.374 e. The smallest absolute Gasteiger partial charge is 0.256 e. The molecule has 0 atom stereocenters. The van der Waals surface area contributed by atoms with Crippen molar-refractivity contribution in [1.82, 2.24) is 9.55 Å². The van der Waals surface area contributed by atoms with E-state index in [-0.39, 0.29) is 16.6 Å². The number of nitrogens with zero attached hydrogens (tertiary/aromatic N) is 2. The second-order valence-corrected chi connectivity index (χ2v) is 7.47. The molecule has 0 spiro atoms. The van der Waals surface area contributed by atoms with Crippen LogP contribution in [-0.4, -0.2) is 21.8 Å². The zero-order valence-electron chi connectivity index (χ0n) is 13.3. The average Bonchev–Trinajstić information content (AvgIpc) is 2.30. The average molecular weight is 278 g/mol. The van der Waals surface area contributed by atoms with Gasteiger partial charge in [0.05, 0.1) is 30.8 Å². The van der Waals surface area contributed by atoms with Gasteiger partial charge in [0.1, 0.15) is 0 Å². The lowest BCUT2D eigenvalue weighted by atomic mass is 9.76. The third kappa shape index (κ3) is 3.69. The molecule has 0 aromatic carbocycles. The van der Waals surface area contributed by atoms with Crippen LogP contribution in [-0.2, 0) is 24.1 Å². The largest absolute Gasteiger partial charge is 0.374 e. The molecule has 0 bridgehead atoms. The van der Waals surface area contributed by atoms with Crippen molar-refractivity contribution in [3.05, 3.63) is 27.9 Å². The maximum absolute atomic E-state index is 12.5. The molecule has 1 aromatic rings. The van der Waals surface area contributed by atoms with Crippen molar-refractivity contribution >= 4 is 0 Å². The highest BCUT2D eigenvalue weighted by atomic mass is 16.5. The fraction of sp³-hybridized carbons (Fsp3) is 0.750. The first kappa shape index (κ1) is 15.2. The van der Waals surface area contributed by atoms with Crippen LogP contribution in [0, 0.1) is 5.41 Å². The van der Waals surface area contributed by atoms with Gasteiger partial charge >= 0.3 is 0 Å². The van der Waals surface area contributed by atoms with Crippen molar-refractivity contribution in [2.75, 3.05) is 6.61 Å². The van der Waals surface area contributed by atoms with Gasteiger partial charge in [-0.1, -0.05) is 13.8 Å². The summed E-state index contributed by atoms with van der Waals surface area (Å²) in [5.41, 5.74) is 2.03. The molecule has 0 N–H and O–H groups in total. The van der Waals surface area contributed by atoms with Crippen LogP contribution < -0.4 is 5.56 Å². The Bertz CT molecular complexity index is 538. The Kier molecular flexibility index (Phi) is 4.05. The van der Waals surface area contributed by atoms with E-state index in [1.165, 1.54) is 0 Å². The van der Waals surface area contributed by atoms with Gasteiger partial charge in [-0.2, -0.15) is 0 Å². The molecule has 1 aromatic heterocycles. The SMILES string of the molecule is CC1(C)CCc2ncn(CCOC(C)(C)C)c(=O)c2C1. The molecule has 0 fully saturated rings. The highest BCUT2D eigenvalue weighted by Gasteiger charge is 2.28. The van der Waals surface area contributed by atoms with Crippen LogP contribution in [0.4, 0.5) is 0 Å². The summed E-state index contributed by atoms with van der Waals surface area (Å²) in [5.74, 6) is 0. The summed E-state index contributed by atoms with van der Waals surface area (Å²) < 4.78 is 7.37. The lowest BCUT2D eigenvalue weighted by Crippen LogP contribution is -2.34. The summed E-state index contributed by atoms with van der Waals surface area (Å²) in [6.07, 6.45) is 4.52. The van der Waals surface area contributed by atoms with Crippen LogP contribution in [0.1, 0.15) is 52.3 Å². The fourth-order valence-electron chi connectivity index (χ4n) is 2.59. The van der Waals surface area contributed by atoms with E-state index in [1.54, 1.807) is 10.9 Å². The Labute approximate surface area is 121 Å². The van der Waals surface area contributed by atoms with E-state index in [1.807, 2.05) is 20.8 Å². The first-order valence-electron chi connectivity index (χ1n) is 7.39. The van der Waals surface area contributed by atoms with Crippen LogP contribution in [0.15, 0.2) is 11.1 Å². The molecule has 0 saturated carbocycles. The zero-order chi connectivity index (χ0) is 15.0. The topological polar surface area (TPSA) is 44.1 Å². The van der Waals surface area contributed by atoms with Crippen molar-refractivity contribution in [3.8, 4) is 0 Å². The number of aryl methyl sites for hydroxylation is 1. The number of ether oxygens (including phenoxy) is 1. The monoisotopic (exact) mass is 278 g/mol. The van der Waals surface area contributed by atoms with E-state index in [0.717, 1.165) is 30.5 Å². The number of hydrogen-bond acceptors (Lipinski definition) is 3. The molecule has 1 heterocycles. The number of rotatable bonds is 3. The molecule has 0 amide bonds. The van der Waals surface area contributed by atoms with Gasteiger partial charge in [0, 0.05) is 5.56 Å². The van der Waals surface area contributed by atoms with Gasteiger partial charge in [0.15, 0.2) is 0 Å². The molecule has 112 valence electrons. The van der Waals surface area contributed by atoms with Crippen LogP contribution >= 0.6 is 0 Å². The predicted octanol–water partition coefficient (Wildman–Crippen LogP) is 2.57. The van der Waals surface area contributed by atoms with Crippen LogP contribution in [0.2, 0.25) is 0 Å². The quantitative estimate of drug-likeness (QED) is 0.853. The minimum atomic E-state index is -0.173. The second-order valence-electron chi connectivity index (χ2n) is 7.47. The van der Waals surface area contributed by atoms with Crippen molar-refractivity contribution in [2.24, 2.45) is 5.41 Å². The van der Waals surface area contributed by atoms with Crippen molar-refractivity contribution in [2.45, 2.75) is 66.0 Å². The van der Waals surface area contributed by atoms with Crippen molar-refractivity contribution < 1.29 is 4.74 Å². The van der Waals surface area contributed by atoms with E-state index in [0.29, 0.717) is 13.2 Å². The zero-order valence-corrected chi connectivity index (χ0v) is 13.3. The molecular weight excluding hydrogens is 252 g/mol. The third-order valence-corrected chi connectivity index (χ3v) is 3.78. The minimum absolute atomic E-state index is 0.111. The highest BCUT2D eigenvalue weighted by molar-refractivity contribution is 5.22. The Balaban J connectivity index is 2.15. The highest BCUT2D eigenvalue weighted by Crippen LogP contribution is 2.31. The van der Waals surface area contributed by atoms with Gasteiger partial charge in [0.25, 0.3) is 5.56 Å². The van der Waals surface area contributed by atoms with Gasteiger partial charge < -0.3 is 4.74 Å². The Morgan fingerprint density at radius 1 is 1.40 bits per heavy atom. The first-order chi connectivity index (χ1) is 9.18. The van der Waals surface area contributed by atoms with Gasteiger partial charge in [-0.25, -0.2) is 4.98 Å². The molecule has 0 unspecified atom stereocenters. The standard InChI is InChI=1S/C16H26N2O2/c1-15(2,3)20-9-8-18-11-17-13-6-7-16(4,5)10-12(13)14(18)19/h11H,6-10H2,1-5H3. The van der Waals surface area contributed by atoms with Gasteiger partial charge in [-0.05, 0) is 45.4 Å². The maximum atomic E-state index is 12.5.